The maximum atomic E-state index is 9.45. The van der Waals surface area contributed by atoms with E-state index in [0.717, 1.165) is 29.7 Å². The van der Waals surface area contributed by atoms with Crippen LogP contribution in [0.5, 0.6) is 0 Å². The highest BCUT2D eigenvalue weighted by Gasteiger charge is 2.30. The lowest BCUT2D eigenvalue weighted by molar-refractivity contribution is -0.0197. The third-order valence-corrected chi connectivity index (χ3v) is 5.45. The van der Waals surface area contributed by atoms with E-state index in [1.807, 2.05) is 22.8 Å². The second-order valence-electron chi connectivity index (χ2n) is 7.47. The highest BCUT2D eigenvalue weighted by molar-refractivity contribution is 5.84. The number of nitrogens with zero attached hydrogens (tertiary/aromatic N) is 5. The summed E-state index contributed by atoms with van der Waals surface area (Å²) < 4.78 is 7.89. The molecule has 9 heteroatoms. The van der Waals surface area contributed by atoms with Crippen molar-refractivity contribution in [2.24, 2.45) is 0 Å². The van der Waals surface area contributed by atoms with Crippen LogP contribution >= 0.6 is 0 Å². The number of pyridine rings is 1. The minimum Gasteiger partial charge on any atom is -0.394 e. The highest BCUT2D eigenvalue weighted by Crippen LogP contribution is 2.34. The van der Waals surface area contributed by atoms with Crippen LogP contribution in [0.1, 0.15) is 24.6 Å². The molecule has 3 aromatic heterocycles. The van der Waals surface area contributed by atoms with Gasteiger partial charge in [-0.05, 0) is 30.5 Å². The third-order valence-electron chi connectivity index (χ3n) is 5.45. The molecule has 4 N–H and O–H groups in total. The Hall–Kier alpha value is -3.56. The molecule has 1 aliphatic rings. The van der Waals surface area contributed by atoms with Gasteiger partial charge >= 0.3 is 0 Å². The number of benzene rings is 1. The number of fused-ring (bicyclic) bond motifs is 1. The second kappa shape index (κ2) is 8.29. The Labute approximate surface area is 179 Å². The number of imidazole rings is 1. The number of aliphatic hydroxyl groups excluding tert-OH is 1. The summed E-state index contributed by atoms with van der Waals surface area (Å²) in [5.74, 6) is 0.933. The molecule has 31 heavy (non-hydrogen) atoms. The fourth-order valence-electron chi connectivity index (χ4n) is 3.84. The summed E-state index contributed by atoms with van der Waals surface area (Å²) in [6.45, 7) is 0.556. The third kappa shape index (κ3) is 3.80. The van der Waals surface area contributed by atoms with Gasteiger partial charge in [-0.15, -0.1) is 0 Å². The van der Waals surface area contributed by atoms with Crippen molar-refractivity contribution in [1.29, 1.82) is 0 Å². The molecule has 0 aliphatic carbocycles. The average molecular weight is 417 g/mol. The molecule has 9 nitrogen and oxygen atoms in total. The van der Waals surface area contributed by atoms with Crippen LogP contribution in [0.2, 0.25) is 0 Å². The molecular weight excluding hydrogens is 394 g/mol. The molecule has 0 amide bonds. The van der Waals surface area contributed by atoms with E-state index >= 15 is 0 Å². The fourth-order valence-corrected chi connectivity index (χ4v) is 3.84. The maximum Gasteiger partial charge on any atom is 0.207 e. The SMILES string of the molecule is Nc1ncnc2c1nc(NCc1ccc(-c3ccccn3)cc1)n2[C@H]1CC[C@@H](CO)O1. The number of hydrogen-bond donors (Lipinski definition) is 3. The zero-order chi connectivity index (χ0) is 21.2. The van der Waals surface area contributed by atoms with Crippen LogP contribution in [0.25, 0.3) is 22.4 Å². The van der Waals surface area contributed by atoms with E-state index in [9.17, 15) is 5.11 Å². The van der Waals surface area contributed by atoms with Crippen LogP contribution in [0.3, 0.4) is 0 Å². The number of aliphatic hydroxyl groups is 1. The second-order valence-corrected chi connectivity index (χ2v) is 7.47. The fraction of sp³-hybridized carbons (Fsp3) is 0.273. The quantitative estimate of drug-likeness (QED) is 0.437. The van der Waals surface area contributed by atoms with Crippen molar-refractivity contribution in [3.63, 3.8) is 0 Å². The van der Waals surface area contributed by atoms with Gasteiger partial charge in [-0.25, -0.2) is 15.0 Å². The first kappa shape index (κ1) is 19.4. The molecule has 1 fully saturated rings. The van der Waals surface area contributed by atoms with Gasteiger partial charge in [0.25, 0.3) is 0 Å². The van der Waals surface area contributed by atoms with Gasteiger partial charge in [0.1, 0.15) is 12.6 Å². The molecular formula is C22H23N7O2. The van der Waals surface area contributed by atoms with Crippen molar-refractivity contribution in [3.05, 3.63) is 60.6 Å². The van der Waals surface area contributed by atoms with Gasteiger partial charge < -0.3 is 20.9 Å². The Kier molecular flexibility index (Phi) is 5.19. The molecule has 0 unspecified atom stereocenters. The molecule has 5 rings (SSSR count). The molecule has 2 atom stereocenters. The molecule has 1 aliphatic heterocycles. The van der Waals surface area contributed by atoms with Crippen LogP contribution in [0.15, 0.2) is 55.0 Å². The number of nitrogen functional groups attached to an aromatic ring is 1. The first-order chi connectivity index (χ1) is 15.2. The van der Waals surface area contributed by atoms with Crippen molar-refractivity contribution in [2.75, 3.05) is 17.7 Å². The number of nitrogens with two attached hydrogens (primary N) is 1. The van der Waals surface area contributed by atoms with Gasteiger partial charge in [0.05, 0.1) is 18.4 Å². The molecule has 158 valence electrons. The molecule has 0 bridgehead atoms. The molecule has 1 saturated heterocycles. The minimum absolute atomic E-state index is 0.00830. The predicted molar refractivity (Wildman–Crippen MR) is 117 cm³/mol. The Morgan fingerprint density at radius 2 is 1.97 bits per heavy atom. The largest absolute Gasteiger partial charge is 0.394 e. The van der Waals surface area contributed by atoms with E-state index < -0.39 is 0 Å². The predicted octanol–water partition coefficient (Wildman–Crippen LogP) is 2.75. The molecule has 4 heterocycles. The number of aromatic nitrogens is 5. The van der Waals surface area contributed by atoms with E-state index in [0.29, 0.717) is 29.5 Å². The van der Waals surface area contributed by atoms with Crippen LogP contribution in [-0.4, -0.2) is 42.3 Å². The summed E-state index contributed by atoms with van der Waals surface area (Å²) in [5, 5.41) is 12.8. The first-order valence-corrected chi connectivity index (χ1v) is 10.2. The Bertz CT molecular complexity index is 1180. The molecule has 4 aromatic rings. The normalized spacial score (nSPS) is 18.5. The summed E-state index contributed by atoms with van der Waals surface area (Å²) >= 11 is 0. The zero-order valence-corrected chi connectivity index (χ0v) is 16.8. The van der Waals surface area contributed by atoms with E-state index in [1.54, 1.807) is 6.20 Å². The van der Waals surface area contributed by atoms with E-state index in [1.165, 1.54) is 6.33 Å². The van der Waals surface area contributed by atoms with Crippen molar-refractivity contribution in [2.45, 2.75) is 31.7 Å². The molecule has 0 spiro atoms. The number of nitrogens with one attached hydrogen (secondary N) is 1. The Balaban J connectivity index is 1.40. The van der Waals surface area contributed by atoms with Gasteiger partial charge in [-0.3, -0.25) is 9.55 Å². The number of ether oxygens (including phenoxy) is 1. The van der Waals surface area contributed by atoms with Crippen molar-refractivity contribution in [1.82, 2.24) is 24.5 Å². The summed E-state index contributed by atoms with van der Waals surface area (Å²) in [5.41, 5.74) is 10.3. The van der Waals surface area contributed by atoms with Gasteiger partial charge in [-0.2, -0.15) is 0 Å². The van der Waals surface area contributed by atoms with E-state index in [-0.39, 0.29) is 18.9 Å². The van der Waals surface area contributed by atoms with Gasteiger partial charge in [-0.1, -0.05) is 30.3 Å². The van der Waals surface area contributed by atoms with Crippen molar-refractivity contribution in [3.8, 4) is 11.3 Å². The van der Waals surface area contributed by atoms with E-state index in [2.05, 4.69) is 49.5 Å². The number of hydrogen-bond acceptors (Lipinski definition) is 8. The summed E-state index contributed by atoms with van der Waals surface area (Å²) in [7, 11) is 0. The lowest BCUT2D eigenvalue weighted by atomic mass is 10.1. The number of anilines is 2. The van der Waals surface area contributed by atoms with Gasteiger partial charge in [0.2, 0.25) is 5.95 Å². The molecule has 1 aromatic carbocycles. The monoisotopic (exact) mass is 417 g/mol. The lowest BCUT2D eigenvalue weighted by Crippen LogP contribution is -2.17. The van der Waals surface area contributed by atoms with Crippen LogP contribution < -0.4 is 11.1 Å². The van der Waals surface area contributed by atoms with Crippen molar-refractivity contribution < 1.29 is 9.84 Å². The van der Waals surface area contributed by atoms with Gasteiger partial charge in [0, 0.05) is 18.3 Å². The Morgan fingerprint density at radius 3 is 2.71 bits per heavy atom. The molecule has 0 radical (unpaired) electrons. The van der Waals surface area contributed by atoms with Crippen molar-refractivity contribution >= 4 is 22.9 Å². The minimum atomic E-state index is -0.273. The highest BCUT2D eigenvalue weighted by atomic mass is 16.5. The van der Waals surface area contributed by atoms with Gasteiger partial charge in [0.15, 0.2) is 17.0 Å². The first-order valence-electron chi connectivity index (χ1n) is 10.2. The average Bonchev–Trinajstić information content (AvgIpc) is 3.43. The lowest BCUT2D eigenvalue weighted by Gasteiger charge is -2.17. The number of rotatable bonds is 6. The Morgan fingerprint density at radius 1 is 1.10 bits per heavy atom. The topological polar surface area (TPSA) is 124 Å². The summed E-state index contributed by atoms with van der Waals surface area (Å²) in [6, 6.07) is 14.1. The standard InChI is InChI=1S/C22H23N7O2/c23-20-19-21(27-13-26-20)29(18-9-8-16(12-30)31-18)22(28-19)25-11-14-4-6-15(7-5-14)17-3-1-2-10-24-17/h1-7,10,13,16,18,30H,8-9,11-12H2,(H,25,28)(H2,23,26,27)/t16-,18+/m0/s1. The molecule has 0 saturated carbocycles. The van der Waals surface area contributed by atoms with Crippen LogP contribution in [-0.2, 0) is 11.3 Å². The smallest absolute Gasteiger partial charge is 0.207 e. The maximum absolute atomic E-state index is 9.45. The zero-order valence-electron chi connectivity index (χ0n) is 16.8. The summed E-state index contributed by atoms with van der Waals surface area (Å²) in [6.07, 6.45) is 4.29. The van der Waals surface area contributed by atoms with E-state index in [4.69, 9.17) is 10.5 Å². The summed E-state index contributed by atoms with van der Waals surface area (Å²) in [4.78, 5) is 17.5. The van der Waals surface area contributed by atoms with Crippen LogP contribution in [0.4, 0.5) is 11.8 Å². The van der Waals surface area contributed by atoms with Crippen LogP contribution in [0, 0.1) is 0 Å².